The molecule has 1 unspecified atom stereocenters. The van der Waals surface area contributed by atoms with E-state index in [1.54, 1.807) is 12.1 Å². The van der Waals surface area contributed by atoms with E-state index >= 15 is 0 Å². The van der Waals surface area contributed by atoms with Crippen LogP contribution in [0.2, 0.25) is 0 Å². The van der Waals surface area contributed by atoms with Gasteiger partial charge in [-0.25, -0.2) is 8.42 Å². The third-order valence-corrected chi connectivity index (χ3v) is 6.49. The number of carbonyl (C=O) groups excluding carboxylic acids is 1. The van der Waals surface area contributed by atoms with E-state index in [-0.39, 0.29) is 12.0 Å². The Morgan fingerprint density at radius 1 is 1.21 bits per heavy atom. The summed E-state index contributed by atoms with van der Waals surface area (Å²) in [5.41, 5.74) is 1.05. The van der Waals surface area contributed by atoms with Crippen molar-refractivity contribution in [3.05, 3.63) is 29.8 Å². The van der Waals surface area contributed by atoms with E-state index in [4.69, 9.17) is 4.74 Å². The highest BCUT2D eigenvalue weighted by atomic mass is 32.2. The number of benzene rings is 1. The molecule has 1 atom stereocenters. The first-order valence-corrected chi connectivity index (χ1v) is 9.89. The highest BCUT2D eigenvalue weighted by Crippen LogP contribution is 2.20. The minimum Gasteiger partial charge on any atom is -0.376 e. The van der Waals surface area contributed by atoms with Crippen LogP contribution in [0.5, 0.6) is 0 Å². The molecule has 2 aliphatic rings. The smallest absolute Gasteiger partial charge is 0.243 e. The van der Waals surface area contributed by atoms with Gasteiger partial charge in [-0.05, 0) is 37.5 Å². The number of sulfonamides is 1. The van der Waals surface area contributed by atoms with Crippen LogP contribution in [0.1, 0.15) is 25.3 Å². The van der Waals surface area contributed by atoms with Crippen molar-refractivity contribution >= 4 is 15.9 Å². The van der Waals surface area contributed by atoms with Crippen LogP contribution >= 0.6 is 0 Å². The van der Waals surface area contributed by atoms with E-state index < -0.39 is 10.0 Å². The first-order chi connectivity index (χ1) is 11.5. The van der Waals surface area contributed by atoms with Gasteiger partial charge in [0.1, 0.15) is 0 Å². The lowest BCUT2D eigenvalue weighted by Gasteiger charge is -2.30. The zero-order valence-electron chi connectivity index (χ0n) is 14.0. The highest BCUT2D eigenvalue weighted by molar-refractivity contribution is 7.89. The van der Waals surface area contributed by atoms with E-state index in [0.717, 1.165) is 24.9 Å². The Labute approximate surface area is 143 Å². The lowest BCUT2D eigenvalue weighted by Crippen LogP contribution is -2.44. The molecule has 1 amide bonds. The fourth-order valence-electron chi connectivity index (χ4n) is 3.19. The van der Waals surface area contributed by atoms with Gasteiger partial charge in [-0.15, -0.1) is 0 Å². The maximum atomic E-state index is 12.7. The summed E-state index contributed by atoms with van der Waals surface area (Å²) in [4.78, 5) is 13.8. The van der Waals surface area contributed by atoms with Gasteiger partial charge in [0.05, 0.1) is 17.6 Å². The number of hydrogen-bond acceptors (Lipinski definition) is 4. The molecule has 0 aliphatic carbocycles. The number of rotatable bonds is 5. The summed E-state index contributed by atoms with van der Waals surface area (Å²) < 4.78 is 32.2. The molecule has 3 rings (SSSR count). The van der Waals surface area contributed by atoms with Gasteiger partial charge in [0.15, 0.2) is 0 Å². The molecule has 2 saturated heterocycles. The zero-order valence-corrected chi connectivity index (χ0v) is 14.8. The Hall–Kier alpha value is -1.44. The fourth-order valence-corrected chi connectivity index (χ4v) is 4.69. The summed E-state index contributed by atoms with van der Waals surface area (Å²) in [6, 6.07) is 7.02. The second-order valence-corrected chi connectivity index (χ2v) is 8.36. The maximum Gasteiger partial charge on any atom is 0.243 e. The van der Waals surface area contributed by atoms with Gasteiger partial charge in [-0.3, -0.25) is 4.79 Å². The Morgan fingerprint density at radius 3 is 2.58 bits per heavy atom. The summed E-state index contributed by atoms with van der Waals surface area (Å²) in [5.74, 6) is 0.218. The van der Waals surface area contributed by atoms with E-state index in [1.165, 1.54) is 4.31 Å². The van der Waals surface area contributed by atoms with Crippen LogP contribution in [0.3, 0.4) is 0 Å². The lowest BCUT2D eigenvalue weighted by atomic mass is 10.1. The van der Waals surface area contributed by atoms with Crippen molar-refractivity contribution in [2.45, 2.75) is 37.2 Å². The van der Waals surface area contributed by atoms with Gasteiger partial charge < -0.3 is 9.64 Å². The summed E-state index contributed by atoms with van der Waals surface area (Å²) in [6.07, 6.45) is 2.26. The van der Waals surface area contributed by atoms with E-state index in [0.29, 0.717) is 37.6 Å². The van der Waals surface area contributed by atoms with Crippen LogP contribution < -0.4 is 0 Å². The van der Waals surface area contributed by atoms with Gasteiger partial charge in [-0.2, -0.15) is 4.31 Å². The number of hydrogen-bond donors (Lipinski definition) is 0. The zero-order chi connectivity index (χ0) is 17.2. The summed E-state index contributed by atoms with van der Waals surface area (Å²) in [6.45, 7) is 4.63. The monoisotopic (exact) mass is 352 g/mol. The van der Waals surface area contributed by atoms with Crippen LogP contribution in [-0.4, -0.2) is 62.4 Å². The van der Waals surface area contributed by atoms with Crippen molar-refractivity contribution < 1.29 is 17.9 Å². The van der Waals surface area contributed by atoms with Crippen molar-refractivity contribution in [3.63, 3.8) is 0 Å². The van der Waals surface area contributed by atoms with Crippen molar-refractivity contribution in [3.8, 4) is 0 Å². The number of ether oxygens (including phenoxy) is 1. The Balaban J connectivity index is 1.64. The first kappa shape index (κ1) is 17.4. The van der Waals surface area contributed by atoms with Crippen molar-refractivity contribution in [1.29, 1.82) is 0 Å². The van der Waals surface area contributed by atoms with Crippen molar-refractivity contribution in [1.82, 2.24) is 9.21 Å². The van der Waals surface area contributed by atoms with Crippen molar-refractivity contribution in [2.24, 2.45) is 0 Å². The molecule has 7 heteroatoms. The molecule has 24 heavy (non-hydrogen) atoms. The molecule has 0 spiro atoms. The third-order valence-electron chi connectivity index (χ3n) is 4.61. The van der Waals surface area contributed by atoms with Crippen molar-refractivity contribution in [2.75, 3.05) is 32.8 Å². The predicted molar refractivity (Wildman–Crippen MR) is 90.1 cm³/mol. The second-order valence-electron chi connectivity index (χ2n) is 6.42. The second kappa shape index (κ2) is 7.21. The number of morpholine rings is 1. The molecule has 2 aliphatic heterocycles. The molecule has 2 fully saturated rings. The minimum atomic E-state index is -3.46. The Kier molecular flexibility index (Phi) is 5.22. The van der Waals surface area contributed by atoms with Crippen LogP contribution in [-0.2, 0) is 26.0 Å². The van der Waals surface area contributed by atoms with Gasteiger partial charge in [0, 0.05) is 32.6 Å². The molecule has 0 radical (unpaired) electrons. The molecule has 1 aromatic rings. The number of amides is 1. The molecule has 0 N–H and O–H groups in total. The number of nitrogens with zero attached hydrogens (tertiary/aromatic N) is 2. The number of carbonyl (C=O) groups is 1. The normalized spacial score (nSPS) is 23.0. The first-order valence-electron chi connectivity index (χ1n) is 8.45. The SMILES string of the molecule is CC1CN(S(=O)(=O)c2ccc(CCN3CCCC3=O)cc2)CCO1. The van der Waals surface area contributed by atoms with Crippen LogP contribution in [0.25, 0.3) is 0 Å². The van der Waals surface area contributed by atoms with Gasteiger partial charge in [0.25, 0.3) is 0 Å². The summed E-state index contributed by atoms with van der Waals surface area (Å²) in [5, 5.41) is 0. The molecule has 0 aromatic heterocycles. The quantitative estimate of drug-likeness (QED) is 0.800. The molecular weight excluding hydrogens is 328 g/mol. The van der Waals surface area contributed by atoms with Gasteiger partial charge >= 0.3 is 0 Å². The third kappa shape index (κ3) is 3.79. The average molecular weight is 352 g/mol. The standard InChI is InChI=1S/C17H24N2O4S/c1-14-13-19(11-12-23-14)24(21,22)16-6-4-15(5-7-16)8-10-18-9-2-3-17(18)20/h4-7,14H,2-3,8-13H2,1H3. The summed E-state index contributed by atoms with van der Waals surface area (Å²) >= 11 is 0. The average Bonchev–Trinajstić information content (AvgIpc) is 2.98. The van der Waals surface area contributed by atoms with Gasteiger partial charge in [0.2, 0.25) is 15.9 Å². The van der Waals surface area contributed by atoms with Gasteiger partial charge in [-0.1, -0.05) is 12.1 Å². The Bertz CT molecular complexity index is 687. The highest BCUT2D eigenvalue weighted by Gasteiger charge is 2.29. The summed E-state index contributed by atoms with van der Waals surface area (Å²) in [7, 11) is -3.46. The largest absolute Gasteiger partial charge is 0.376 e. The molecule has 0 bridgehead atoms. The molecule has 1 aromatic carbocycles. The molecule has 2 heterocycles. The lowest BCUT2D eigenvalue weighted by molar-refractivity contribution is -0.127. The molecular formula is C17H24N2O4S. The predicted octanol–water partition coefficient (Wildman–Crippen LogP) is 1.26. The van der Waals surface area contributed by atoms with E-state index in [2.05, 4.69) is 0 Å². The van der Waals surface area contributed by atoms with E-state index in [9.17, 15) is 13.2 Å². The van der Waals surface area contributed by atoms with Crippen LogP contribution in [0, 0.1) is 0 Å². The molecule has 6 nitrogen and oxygen atoms in total. The van der Waals surface area contributed by atoms with Crippen LogP contribution in [0.15, 0.2) is 29.2 Å². The minimum absolute atomic E-state index is 0.0780. The molecule has 0 saturated carbocycles. The Morgan fingerprint density at radius 2 is 1.96 bits per heavy atom. The topological polar surface area (TPSA) is 66.9 Å². The fraction of sp³-hybridized carbons (Fsp3) is 0.588. The molecule has 132 valence electrons. The van der Waals surface area contributed by atoms with Crippen LogP contribution in [0.4, 0.5) is 0 Å². The number of likely N-dealkylation sites (tertiary alicyclic amines) is 1. The van der Waals surface area contributed by atoms with E-state index in [1.807, 2.05) is 24.0 Å². The maximum absolute atomic E-state index is 12.7.